The predicted octanol–water partition coefficient (Wildman–Crippen LogP) is 1.73. The molecule has 0 spiro atoms. The molecule has 0 atom stereocenters. The summed E-state index contributed by atoms with van der Waals surface area (Å²) in [6.07, 6.45) is 0.846. The van der Waals surface area contributed by atoms with Crippen LogP contribution in [0.15, 0.2) is 24.3 Å². The Hall–Kier alpha value is -1.17. The lowest BCUT2D eigenvalue weighted by molar-refractivity contribution is 0.0684. The minimum Gasteiger partial charge on any atom is -0.378 e. The van der Waals surface area contributed by atoms with Crippen LogP contribution in [0.1, 0.15) is 5.56 Å². The van der Waals surface area contributed by atoms with Crippen molar-refractivity contribution in [3.8, 4) is 0 Å². The van der Waals surface area contributed by atoms with E-state index < -0.39 is 0 Å². The average molecular weight is 306 g/mol. The zero-order valence-electron chi connectivity index (χ0n) is 12.3. The zero-order chi connectivity index (χ0) is 14.5. The maximum atomic E-state index is 5.56. The van der Waals surface area contributed by atoms with Gasteiger partial charge in [-0.1, -0.05) is 24.4 Å². The van der Waals surface area contributed by atoms with Crippen LogP contribution in [0.2, 0.25) is 0 Å². The second-order valence-electron chi connectivity index (χ2n) is 5.44. The van der Waals surface area contributed by atoms with Gasteiger partial charge >= 0.3 is 0 Å². The van der Waals surface area contributed by atoms with Crippen molar-refractivity contribution in [1.29, 1.82) is 0 Å². The van der Waals surface area contributed by atoms with E-state index in [0.29, 0.717) is 0 Å². The number of hydrogen-bond acceptors (Lipinski definition) is 4. The molecular weight excluding hydrogens is 284 g/mol. The van der Waals surface area contributed by atoms with Crippen molar-refractivity contribution in [3.05, 3.63) is 29.8 Å². The molecule has 0 saturated carbocycles. The molecule has 2 aliphatic heterocycles. The lowest BCUT2D eigenvalue weighted by Gasteiger charge is -2.30. The number of rotatable bonds is 3. The molecule has 1 aromatic rings. The summed E-state index contributed by atoms with van der Waals surface area (Å²) in [5, 5.41) is 0. The van der Waals surface area contributed by atoms with Gasteiger partial charge in [-0.25, -0.2) is 0 Å². The van der Waals surface area contributed by atoms with Crippen LogP contribution in [-0.4, -0.2) is 62.5 Å². The number of ether oxygens (including phenoxy) is 2. The molecule has 0 radical (unpaired) electrons. The molecule has 21 heavy (non-hydrogen) atoms. The summed E-state index contributed by atoms with van der Waals surface area (Å²) in [5.74, 6) is 0. The fourth-order valence-electron chi connectivity index (χ4n) is 2.75. The molecule has 0 amide bonds. The van der Waals surface area contributed by atoms with Crippen LogP contribution in [0.3, 0.4) is 0 Å². The highest BCUT2D eigenvalue weighted by Crippen LogP contribution is 2.17. The van der Waals surface area contributed by atoms with Crippen LogP contribution >= 0.6 is 12.2 Å². The average Bonchev–Trinajstić information content (AvgIpc) is 2.57. The Bertz CT molecular complexity index is 466. The van der Waals surface area contributed by atoms with Gasteiger partial charge in [-0.15, -0.1) is 0 Å². The summed E-state index contributed by atoms with van der Waals surface area (Å²) in [4.78, 5) is 5.65. The number of nitrogens with zero attached hydrogens (tertiary/aromatic N) is 2. The van der Waals surface area contributed by atoms with Gasteiger partial charge in [-0.05, 0) is 17.7 Å². The summed E-state index contributed by atoms with van der Waals surface area (Å²) >= 11 is 5.56. The summed E-state index contributed by atoms with van der Waals surface area (Å²) in [6, 6.07) is 8.78. The number of benzene rings is 1. The molecule has 3 rings (SSSR count). The Morgan fingerprint density at radius 3 is 2.10 bits per heavy atom. The van der Waals surface area contributed by atoms with Crippen LogP contribution in [0.4, 0.5) is 5.69 Å². The van der Waals surface area contributed by atoms with E-state index in [1.54, 1.807) is 0 Å². The van der Waals surface area contributed by atoms with E-state index in [4.69, 9.17) is 21.7 Å². The van der Waals surface area contributed by atoms with Crippen molar-refractivity contribution < 1.29 is 9.47 Å². The first-order chi connectivity index (χ1) is 10.3. The van der Waals surface area contributed by atoms with E-state index in [9.17, 15) is 0 Å². The highest BCUT2D eigenvalue weighted by Gasteiger charge is 2.14. The maximum absolute atomic E-state index is 5.56. The number of anilines is 1. The fraction of sp³-hybridized carbons (Fsp3) is 0.562. The van der Waals surface area contributed by atoms with Crippen molar-refractivity contribution >= 4 is 22.9 Å². The van der Waals surface area contributed by atoms with Gasteiger partial charge in [0.1, 0.15) is 0 Å². The predicted molar refractivity (Wildman–Crippen MR) is 88.2 cm³/mol. The summed E-state index contributed by atoms with van der Waals surface area (Å²) in [5.41, 5.74) is 2.56. The molecule has 0 unspecified atom stereocenters. The molecule has 0 N–H and O–H groups in total. The number of morpholine rings is 2. The fourth-order valence-corrected chi connectivity index (χ4v) is 3.09. The first kappa shape index (κ1) is 14.8. The molecule has 0 aromatic heterocycles. The van der Waals surface area contributed by atoms with Gasteiger partial charge in [-0.3, -0.25) is 0 Å². The summed E-state index contributed by atoms with van der Waals surface area (Å²) < 4.78 is 10.8. The van der Waals surface area contributed by atoms with Gasteiger partial charge in [-0.2, -0.15) is 0 Å². The van der Waals surface area contributed by atoms with Crippen LogP contribution in [0.5, 0.6) is 0 Å². The minimum atomic E-state index is 0.788. The van der Waals surface area contributed by atoms with Crippen molar-refractivity contribution in [2.24, 2.45) is 0 Å². The lowest BCUT2D eigenvalue weighted by atomic mass is 10.1. The first-order valence-electron chi connectivity index (χ1n) is 7.60. The quantitative estimate of drug-likeness (QED) is 0.792. The SMILES string of the molecule is S=C(Cc1ccc(N2CCOCC2)cc1)N1CCOCC1. The smallest absolute Gasteiger partial charge is 0.0825 e. The molecule has 2 heterocycles. The molecule has 2 aliphatic rings. The Morgan fingerprint density at radius 1 is 0.905 bits per heavy atom. The van der Waals surface area contributed by atoms with Gasteiger partial charge in [0.2, 0.25) is 0 Å². The van der Waals surface area contributed by atoms with E-state index in [-0.39, 0.29) is 0 Å². The lowest BCUT2D eigenvalue weighted by Crippen LogP contribution is -2.40. The third-order valence-corrected chi connectivity index (χ3v) is 4.43. The van der Waals surface area contributed by atoms with Crippen LogP contribution < -0.4 is 4.90 Å². The van der Waals surface area contributed by atoms with Gasteiger partial charge < -0.3 is 19.3 Å². The molecule has 0 bridgehead atoms. The van der Waals surface area contributed by atoms with Gasteiger partial charge in [0.25, 0.3) is 0 Å². The van der Waals surface area contributed by atoms with Gasteiger partial charge in [0, 0.05) is 38.3 Å². The van der Waals surface area contributed by atoms with E-state index >= 15 is 0 Å². The Kier molecular flexibility index (Phi) is 5.06. The summed E-state index contributed by atoms with van der Waals surface area (Å²) in [7, 11) is 0. The molecule has 2 fully saturated rings. The largest absolute Gasteiger partial charge is 0.378 e. The van der Waals surface area contributed by atoms with Crippen LogP contribution in [-0.2, 0) is 15.9 Å². The summed E-state index contributed by atoms with van der Waals surface area (Å²) in [6.45, 7) is 7.02. The standard InChI is InChI=1S/C16H22N2O2S/c21-16(18-7-11-20-12-8-18)13-14-1-3-15(4-2-14)17-5-9-19-10-6-17/h1-4H,5-13H2. The van der Waals surface area contributed by atoms with Crippen molar-refractivity contribution in [2.75, 3.05) is 57.5 Å². The number of hydrogen-bond donors (Lipinski definition) is 0. The maximum Gasteiger partial charge on any atom is 0.0825 e. The molecule has 0 aliphatic carbocycles. The third-order valence-electron chi connectivity index (χ3n) is 4.03. The van der Waals surface area contributed by atoms with Crippen molar-refractivity contribution in [1.82, 2.24) is 4.90 Å². The molecular formula is C16H22N2O2S. The van der Waals surface area contributed by atoms with Crippen LogP contribution in [0, 0.1) is 0 Å². The van der Waals surface area contributed by atoms with Crippen molar-refractivity contribution in [2.45, 2.75) is 6.42 Å². The van der Waals surface area contributed by atoms with E-state index in [1.807, 2.05) is 0 Å². The van der Waals surface area contributed by atoms with Gasteiger partial charge in [0.15, 0.2) is 0 Å². The molecule has 5 heteroatoms. The second-order valence-corrected chi connectivity index (χ2v) is 5.91. The topological polar surface area (TPSA) is 24.9 Å². The highest BCUT2D eigenvalue weighted by molar-refractivity contribution is 7.80. The van der Waals surface area contributed by atoms with E-state index in [0.717, 1.165) is 64.0 Å². The normalized spacial score (nSPS) is 19.6. The molecule has 4 nitrogen and oxygen atoms in total. The Balaban J connectivity index is 1.57. The minimum absolute atomic E-state index is 0.788. The van der Waals surface area contributed by atoms with Crippen molar-refractivity contribution in [3.63, 3.8) is 0 Å². The van der Waals surface area contributed by atoms with Crippen LogP contribution in [0.25, 0.3) is 0 Å². The number of thiocarbonyl (C=S) groups is 1. The molecule has 1 aromatic carbocycles. The first-order valence-corrected chi connectivity index (χ1v) is 8.01. The Labute approximate surface area is 131 Å². The highest BCUT2D eigenvalue weighted by atomic mass is 32.1. The Morgan fingerprint density at radius 2 is 1.48 bits per heavy atom. The van der Waals surface area contributed by atoms with E-state index in [1.165, 1.54) is 11.3 Å². The monoisotopic (exact) mass is 306 g/mol. The second kappa shape index (κ2) is 7.20. The molecule has 114 valence electrons. The third kappa shape index (κ3) is 3.93. The van der Waals surface area contributed by atoms with Gasteiger partial charge in [0.05, 0.1) is 31.4 Å². The zero-order valence-corrected chi connectivity index (χ0v) is 13.1. The van der Waals surface area contributed by atoms with E-state index in [2.05, 4.69) is 34.1 Å². The molecule has 2 saturated heterocycles.